The normalized spacial score (nSPS) is 20.1. The Balaban J connectivity index is 2.61. The number of aliphatic hydroxyl groups is 1. The van der Waals surface area contributed by atoms with Crippen LogP contribution in [0.3, 0.4) is 0 Å². The molecular formula is C11H11ClO5S. The minimum absolute atomic E-state index is 0.0432. The lowest BCUT2D eigenvalue weighted by Gasteiger charge is -2.21. The Hall–Kier alpha value is -0.890. The number of halogens is 1. The highest BCUT2D eigenvalue weighted by molar-refractivity contribution is 8.15. The summed E-state index contributed by atoms with van der Waals surface area (Å²) in [5.41, 5.74) is 1.29. The average Bonchev–Trinajstić information content (AvgIpc) is 2.31. The van der Waals surface area contributed by atoms with Gasteiger partial charge in [-0.05, 0) is 19.4 Å². The Labute approximate surface area is 109 Å². The van der Waals surface area contributed by atoms with Crippen molar-refractivity contribution >= 4 is 21.4 Å². The molecular weight excluding hydrogens is 280 g/mol. The first kappa shape index (κ1) is 13.5. The van der Waals surface area contributed by atoms with E-state index >= 15 is 0 Å². The summed E-state index contributed by atoms with van der Waals surface area (Å²) in [5.74, 6) is -0.0432. The van der Waals surface area contributed by atoms with Crippen molar-refractivity contribution in [2.24, 2.45) is 0 Å². The largest absolute Gasteiger partial charge is 0.506 e. The second-order valence-corrected chi connectivity index (χ2v) is 6.74. The van der Waals surface area contributed by atoms with Crippen LogP contribution < -0.4 is 14.0 Å². The highest BCUT2D eigenvalue weighted by atomic mass is 35.7. The molecule has 1 atom stereocenters. The van der Waals surface area contributed by atoms with Gasteiger partial charge in [-0.1, -0.05) is 24.3 Å². The Bertz CT molecular complexity index is 559. The molecule has 0 spiro atoms. The summed E-state index contributed by atoms with van der Waals surface area (Å²) in [6.07, 6.45) is 0. The third-order valence-corrected chi connectivity index (χ3v) is 5.24. The first-order chi connectivity index (χ1) is 8.31. The fraction of sp³-hybridized carbons (Fsp3) is 0.182. The molecule has 2 rings (SSSR count). The maximum atomic E-state index is 10.7. The Kier molecular flexibility index (Phi) is 3.50. The summed E-state index contributed by atoms with van der Waals surface area (Å²) in [6, 6.07) is 7.00. The van der Waals surface area contributed by atoms with Gasteiger partial charge in [0.15, 0.2) is 0 Å². The number of allylic oxidation sites excluding steroid dienone is 1. The minimum atomic E-state index is -4.54. The maximum Gasteiger partial charge on any atom is 0.142 e. The fourth-order valence-electron chi connectivity index (χ4n) is 1.78. The predicted octanol–water partition coefficient (Wildman–Crippen LogP) is -0.415. The van der Waals surface area contributed by atoms with E-state index in [9.17, 15) is 19.1 Å². The molecule has 1 aliphatic rings. The van der Waals surface area contributed by atoms with Gasteiger partial charge in [0.25, 0.3) is 0 Å². The van der Waals surface area contributed by atoms with Crippen LogP contribution in [-0.2, 0) is 3.74 Å². The van der Waals surface area contributed by atoms with Gasteiger partial charge in [-0.2, -0.15) is 14.0 Å². The molecule has 0 aromatic heterocycles. The van der Waals surface area contributed by atoms with Crippen LogP contribution in [0.25, 0.3) is 5.76 Å². The van der Waals surface area contributed by atoms with E-state index in [1.165, 1.54) is 0 Å². The lowest BCUT2D eigenvalue weighted by atomic mass is 10.0. The molecule has 1 aliphatic heterocycles. The van der Waals surface area contributed by atoms with Crippen LogP contribution in [0.4, 0.5) is 0 Å². The standard InChI is InChI=1S/C11H11ClO5S/c1-7-9-5-3-4-6-10(9)11(13)8(2)18(7)17-12(14,15)16/h3-6,13H,1-2H3. The number of rotatable bonds is 2. The van der Waals surface area contributed by atoms with Crippen molar-refractivity contribution in [3.05, 3.63) is 40.3 Å². The number of fused-ring (bicyclic) bond motifs is 1. The zero-order valence-corrected chi connectivity index (χ0v) is 11.2. The SMILES string of the molecule is CC1=C(O)c2ccccc2C(C)=S1O[Cl+3]([O-])([O-])[O-]. The van der Waals surface area contributed by atoms with Crippen LogP contribution in [0, 0.1) is 10.2 Å². The van der Waals surface area contributed by atoms with E-state index in [1.54, 1.807) is 38.1 Å². The van der Waals surface area contributed by atoms with E-state index in [2.05, 4.69) is 3.74 Å². The molecule has 0 bridgehead atoms. The molecule has 0 saturated carbocycles. The van der Waals surface area contributed by atoms with Crippen molar-refractivity contribution in [2.75, 3.05) is 0 Å². The summed E-state index contributed by atoms with van der Waals surface area (Å²) in [4.78, 5) is 0.936. The van der Waals surface area contributed by atoms with Crippen LogP contribution in [0.15, 0.2) is 29.2 Å². The summed E-state index contributed by atoms with van der Waals surface area (Å²) >= 11 is 0. The molecule has 0 radical (unpaired) electrons. The summed E-state index contributed by atoms with van der Waals surface area (Å²) < 4.78 is 36.6. The third-order valence-electron chi connectivity index (χ3n) is 2.59. The first-order valence-electron chi connectivity index (χ1n) is 4.99. The highest BCUT2D eigenvalue weighted by Crippen LogP contribution is 2.41. The molecule has 18 heavy (non-hydrogen) atoms. The van der Waals surface area contributed by atoms with E-state index in [1.807, 2.05) is 0 Å². The Morgan fingerprint density at radius 2 is 1.67 bits per heavy atom. The molecule has 7 heteroatoms. The van der Waals surface area contributed by atoms with E-state index in [4.69, 9.17) is 0 Å². The molecule has 5 nitrogen and oxygen atoms in total. The molecule has 0 saturated heterocycles. The van der Waals surface area contributed by atoms with Crippen molar-refractivity contribution in [1.82, 2.24) is 0 Å². The third kappa shape index (κ3) is 2.44. The molecule has 1 aromatic rings. The van der Waals surface area contributed by atoms with Gasteiger partial charge in [-0.25, -0.2) is 0 Å². The second-order valence-electron chi connectivity index (χ2n) is 3.72. The van der Waals surface area contributed by atoms with Gasteiger partial charge in [-0.15, -0.1) is 0 Å². The zero-order valence-electron chi connectivity index (χ0n) is 9.68. The molecule has 1 heterocycles. The topological polar surface area (TPSA) is 98.6 Å². The van der Waals surface area contributed by atoms with Crippen LogP contribution in [0.2, 0.25) is 0 Å². The van der Waals surface area contributed by atoms with Crippen LogP contribution in [0.5, 0.6) is 0 Å². The van der Waals surface area contributed by atoms with E-state index in [-0.39, 0.29) is 5.76 Å². The first-order valence-corrected chi connectivity index (χ1v) is 7.38. The lowest BCUT2D eigenvalue weighted by Crippen LogP contribution is -2.60. The van der Waals surface area contributed by atoms with Gasteiger partial charge in [0, 0.05) is 10.4 Å². The van der Waals surface area contributed by atoms with Gasteiger partial charge < -0.3 is 5.11 Å². The van der Waals surface area contributed by atoms with Crippen molar-refractivity contribution in [1.29, 1.82) is 0 Å². The van der Waals surface area contributed by atoms with Crippen molar-refractivity contribution in [2.45, 2.75) is 13.8 Å². The van der Waals surface area contributed by atoms with Gasteiger partial charge in [0.1, 0.15) is 20.3 Å². The van der Waals surface area contributed by atoms with Crippen LogP contribution >= 0.6 is 10.8 Å². The van der Waals surface area contributed by atoms with Crippen molar-refractivity contribution in [3.8, 4) is 0 Å². The lowest BCUT2D eigenvalue weighted by molar-refractivity contribution is -1.91. The van der Waals surface area contributed by atoms with Crippen LogP contribution in [-0.4, -0.2) is 9.97 Å². The smallest absolute Gasteiger partial charge is 0.142 e. The molecule has 0 fully saturated rings. The average molecular weight is 291 g/mol. The summed E-state index contributed by atoms with van der Waals surface area (Å²) in [6.45, 7) is 3.22. The Morgan fingerprint density at radius 3 is 2.22 bits per heavy atom. The van der Waals surface area contributed by atoms with E-state index in [0.717, 1.165) is 0 Å². The molecule has 98 valence electrons. The molecule has 1 aromatic carbocycles. The number of hydrogen-bond donors (Lipinski definition) is 1. The fourth-order valence-corrected chi connectivity index (χ4v) is 4.27. The highest BCUT2D eigenvalue weighted by Gasteiger charge is 2.31. The van der Waals surface area contributed by atoms with E-state index in [0.29, 0.717) is 20.9 Å². The maximum absolute atomic E-state index is 10.7. The summed E-state index contributed by atoms with van der Waals surface area (Å²) in [5, 5.41) is 10.0. The van der Waals surface area contributed by atoms with Crippen LogP contribution in [0.1, 0.15) is 25.0 Å². The minimum Gasteiger partial charge on any atom is -0.506 e. The van der Waals surface area contributed by atoms with Gasteiger partial charge in [0.05, 0.1) is 15.1 Å². The monoisotopic (exact) mass is 290 g/mol. The zero-order chi connectivity index (χ0) is 13.5. The molecule has 0 aliphatic carbocycles. The molecule has 1 unspecified atom stereocenters. The van der Waals surface area contributed by atoms with Gasteiger partial charge >= 0.3 is 0 Å². The number of hydrogen-bond acceptors (Lipinski definition) is 5. The number of benzene rings is 1. The van der Waals surface area contributed by atoms with Crippen molar-refractivity contribution in [3.63, 3.8) is 0 Å². The molecule has 0 amide bonds. The van der Waals surface area contributed by atoms with Crippen molar-refractivity contribution < 1.29 is 33.1 Å². The Morgan fingerprint density at radius 1 is 1.11 bits per heavy atom. The van der Waals surface area contributed by atoms with Gasteiger partial charge in [-0.3, -0.25) is 0 Å². The quantitative estimate of drug-likeness (QED) is 0.746. The van der Waals surface area contributed by atoms with E-state index < -0.39 is 21.0 Å². The summed E-state index contributed by atoms with van der Waals surface area (Å²) in [7, 11) is -5.90. The number of aliphatic hydroxyl groups excluding tert-OH is 1. The second kappa shape index (κ2) is 4.65. The van der Waals surface area contributed by atoms with Gasteiger partial charge in [0.2, 0.25) is 0 Å². The predicted molar refractivity (Wildman–Crippen MR) is 60.1 cm³/mol. The molecule has 1 N–H and O–H groups in total.